The zero-order valence-electron chi connectivity index (χ0n) is 4.16. The summed E-state index contributed by atoms with van der Waals surface area (Å²) in [7, 11) is 0. The standard InChI is InChI=1S/C3H6N2O.2ClH/c4-3-1-2-6-5-3;;/h1-2H2,(H2,4,5);2*1H. The number of hydrogen-bond donors (Lipinski definition) is 1. The highest BCUT2D eigenvalue weighted by molar-refractivity contribution is 5.85. The van der Waals surface area contributed by atoms with Gasteiger partial charge in [0.1, 0.15) is 12.4 Å². The van der Waals surface area contributed by atoms with E-state index < -0.39 is 0 Å². The van der Waals surface area contributed by atoms with Gasteiger partial charge in [0.2, 0.25) is 0 Å². The molecule has 1 aliphatic rings. The third-order valence-corrected chi connectivity index (χ3v) is 0.631. The van der Waals surface area contributed by atoms with Crippen LogP contribution in [0.3, 0.4) is 0 Å². The predicted molar refractivity (Wildman–Crippen MR) is 36.7 cm³/mol. The van der Waals surface area contributed by atoms with Crippen molar-refractivity contribution in [3.63, 3.8) is 0 Å². The van der Waals surface area contributed by atoms with E-state index in [0.29, 0.717) is 12.4 Å². The van der Waals surface area contributed by atoms with Gasteiger partial charge in [0.25, 0.3) is 0 Å². The quantitative estimate of drug-likeness (QED) is 0.560. The molecule has 1 aliphatic heterocycles. The Kier molecular flexibility index (Phi) is 6.72. The molecule has 0 spiro atoms. The molecule has 0 radical (unpaired) electrons. The Balaban J connectivity index is 0. The van der Waals surface area contributed by atoms with Crippen molar-refractivity contribution in [3.8, 4) is 0 Å². The lowest BCUT2D eigenvalue weighted by atomic mass is 10.4. The maximum atomic E-state index is 5.16. The summed E-state index contributed by atoms with van der Waals surface area (Å²) in [4.78, 5) is 4.52. The van der Waals surface area contributed by atoms with Crippen LogP contribution in [0.5, 0.6) is 0 Å². The van der Waals surface area contributed by atoms with Gasteiger partial charge in [0, 0.05) is 6.42 Å². The summed E-state index contributed by atoms with van der Waals surface area (Å²) in [6.07, 6.45) is 0.792. The van der Waals surface area contributed by atoms with Crippen molar-refractivity contribution in [1.82, 2.24) is 0 Å². The van der Waals surface area contributed by atoms with Crippen LogP contribution in [0.2, 0.25) is 0 Å². The molecule has 50 valence electrons. The van der Waals surface area contributed by atoms with Gasteiger partial charge in [0.15, 0.2) is 0 Å². The minimum absolute atomic E-state index is 0. The van der Waals surface area contributed by atoms with Gasteiger partial charge < -0.3 is 10.6 Å². The lowest BCUT2D eigenvalue weighted by Gasteiger charge is -1.75. The second-order valence-corrected chi connectivity index (χ2v) is 1.17. The molecule has 2 N–H and O–H groups in total. The Morgan fingerprint density at radius 2 is 2.12 bits per heavy atom. The van der Waals surface area contributed by atoms with E-state index in [9.17, 15) is 0 Å². The highest BCUT2D eigenvalue weighted by Gasteiger charge is 1.99. The third-order valence-electron chi connectivity index (χ3n) is 0.631. The highest BCUT2D eigenvalue weighted by atomic mass is 35.5. The Bertz CT molecular complexity index is 85.4. The van der Waals surface area contributed by atoms with Gasteiger partial charge in [-0.25, -0.2) is 0 Å². The Morgan fingerprint density at radius 1 is 1.50 bits per heavy atom. The molecule has 0 fully saturated rings. The lowest BCUT2D eigenvalue weighted by Crippen LogP contribution is -2.06. The van der Waals surface area contributed by atoms with Gasteiger partial charge in [-0.3, -0.25) is 0 Å². The van der Waals surface area contributed by atoms with Gasteiger partial charge in [-0.05, 0) is 0 Å². The van der Waals surface area contributed by atoms with E-state index in [1.807, 2.05) is 0 Å². The summed E-state index contributed by atoms with van der Waals surface area (Å²) in [6.45, 7) is 0.659. The molecule has 1 heterocycles. The van der Waals surface area contributed by atoms with Crippen LogP contribution >= 0.6 is 24.8 Å². The maximum absolute atomic E-state index is 5.16. The summed E-state index contributed by atoms with van der Waals surface area (Å²) >= 11 is 0. The van der Waals surface area contributed by atoms with Crippen molar-refractivity contribution in [2.24, 2.45) is 10.9 Å². The molecule has 8 heavy (non-hydrogen) atoms. The molecule has 0 atom stereocenters. The lowest BCUT2D eigenvalue weighted by molar-refractivity contribution is 0.173. The zero-order chi connectivity index (χ0) is 4.41. The number of amidine groups is 1. The minimum Gasteiger partial charge on any atom is -0.394 e. The molecule has 0 aromatic carbocycles. The Morgan fingerprint density at radius 3 is 2.25 bits per heavy atom. The monoisotopic (exact) mass is 158 g/mol. The van der Waals surface area contributed by atoms with Crippen molar-refractivity contribution >= 4 is 30.6 Å². The van der Waals surface area contributed by atoms with Gasteiger partial charge >= 0.3 is 0 Å². The summed E-state index contributed by atoms with van der Waals surface area (Å²) in [6, 6.07) is 0. The van der Waals surface area contributed by atoms with Crippen LogP contribution in [0, 0.1) is 0 Å². The number of oxime groups is 1. The number of nitrogens with two attached hydrogens (primary N) is 1. The smallest absolute Gasteiger partial charge is 0.142 e. The third kappa shape index (κ3) is 2.93. The molecule has 0 amide bonds. The maximum Gasteiger partial charge on any atom is 0.142 e. The summed E-state index contributed by atoms with van der Waals surface area (Å²) < 4.78 is 0. The molecule has 0 aromatic heterocycles. The molecule has 0 unspecified atom stereocenters. The van der Waals surface area contributed by atoms with Gasteiger partial charge in [-0.2, -0.15) is 0 Å². The summed E-state index contributed by atoms with van der Waals surface area (Å²) in [5.74, 6) is 0.606. The molecular weight excluding hydrogens is 151 g/mol. The van der Waals surface area contributed by atoms with Crippen molar-refractivity contribution in [1.29, 1.82) is 0 Å². The van der Waals surface area contributed by atoms with Crippen LogP contribution in [0.15, 0.2) is 5.16 Å². The summed E-state index contributed by atoms with van der Waals surface area (Å²) in [5.41, 5.74) is 5.16. The van der Waals surface area contributed by atoms with Gasteiger partial charge in [-0.15, -0.1) is 24.8 Å². The second kappa shape index (κ2) is 5.00. The Labute approximate surface area is 60.1 Å². The first kappa shape index (κ1) is 10.8. The van der Waals surface area contributed by atoms with Crippen LogP contribution < -0.4 is 5.73 Å². The van der Waals surface area contributed by atoms with E-state index in [1.165, 1.54) is 0 Å². The second-order valence-electron chi connectivity index (χ2n) is 1.17. The van der Waals surface area contributed by atoms with E-state index in [2.05, 4.69) is 9.99 Å². The first-order chi connectivity index (χ1) is 2.89. The van der Waals surface area contributed by atoms with E-state index in [0.717, 1.165) is 6.42 Å². The molecule has 0 aromatic rings. The fraction of sp³-hybridized carbons (Fsp3) is 0.667. The Hall–Kier alpha value is -0.150. The SMILES string of the molecule is Cl.Cl.NC1=NOCC1. The molecule has 3 nitrogen and oxygen atoms in total. The van der Waals surface area contributed by atoms with Gasteiger partial charge in [-0.1, -0.05) is 5.16 Å². The molecule has 0 aliphatic carbocycles. The predicted octanol–water partition coefficient (Wildman–Crippen LogP) is 0.523. The molecule has 0 bridgehead atoms. The van der Waals surface area contributed by atoms with E-state index in [1.54, 1.807) is 0 Å². The fourth-order valence-corrected chi connectivity index (χ4v) is 0.324. The number of nitrogens with zero attached hydrogens (tertiary/aromatic N) is 1. The van der Waals surface area contributed by atoms with Crippen LogP contribution in [-0.4, -0.2) is 12.4 Å². The highest BCUT2D eigenvalue weighted by Crippen LogP contribution is 1.92. The van der Waals surface area contributed by atoms with E-state index in [-0.39, 0.29) is 24.8 Å². The molecular formula is C3H8Cl2N2O. The molecule has 0 saturated carbocycles. The fourth-order valence-electron chi connectivity index (χ4n) is 0.324. The molecule has 5 heteroatoms. The first-order valence-corrected chi connectivity index (χ1v) is 1.84. The van der Waals surface area contributed by atoms with Crippen molar-refractivity contribution in [3.05, 3.63) is 0 Å². The summed E-state index contributed by atoms with van der Waals surface area (Å²) in [5, 5.41) is 3.43. The minimum atomic E-state index is 0. The van der Waals surface area contributed by atoms with Crippen LogP contribution in [0.1, 0.15) is 6.42 Å². The molecule has 0 saturated heterocycles. The largest absolute Gasteiger partial charge is 0.394 e. The van der Waals surface area contributed by atoms with Crippen molar-refractivity contribution < 1.29 is 4.84 Å². The van der Waals surface area contributed by atoms with Crippen molar-refractivity contribution in [2.45, 2.75) is 6.42 Å². The topological polar surface area (TPSA) is 47.6 Å². The average molecular weight is 159 g/mol. The van der Waals surface area contributed by atoms with Crippen molar-refractivity contribution in [2.75, 3.05) is 6.61 Å². The normalized spacial score (nSPS) is 14.8. The molecule has 1 rings (SSSR count). The first-order valence-electron chi connectivity index (χ1n) is 1.84. The van der Waals surface area contributed by atoms with E-state index in [4.69, 9.17) is 5.73 Å². The number of halogens is 2. The van der Waals surface area contributed by atoms with Crippen LogP contribution in [0.4, 0.5) is 0 Å². The number of hydrogen-bond acceptors (Lipinski definition) is 3. The zero-order valence-corrected chi connectivity index (χ0v) is 5.80. The van der Waals surface area contributed by atoms with Gasteiger partial charge in [0.05, 0.1) is 0 Å². The number of rotatable bonds is 0. The van der Waals surface area contributed by atoms with E-state index >= 15 is 0 Å². The average Bonchev–Trinajstić information content (AvgIpc) is 1.86. The van der Waals surface area contributed by atoms with Crippen LogP contribution in [0.25, 0.3) is 0 Å². The van der Waals surface area contributed by atoms with Crippen LogP contribution in [-0.2, 0) is 4.84 Å².